The number of aryl methyl sites for hydroxylation is 3. The molecule has 6 nitrogen and oxygen atoms in total. The summed E-state index contributed by atoms with van der Waals surface area (Å²) in [6, 6.07) is 3.72. The third-order valence-electron chi connectivity index (χ3n) is 2.80. The first kappa shape index (κ1) is 13.2. The van der Waals surface area contributed by atoms with Crippen molar-refractivity contribution in [3.63, 3.8) is 0 Å². The zero-order chi connectivity index (χ0) is 14.0. The first-order valence-corrected chi connectivity index (χ1v) is 6.07. The van der Waals surface area contributed by atoms with Crippen LogP contribution in [0.3, 0.4) is 0 Å². The summed E-state index contributed by atoms with van der Waals surface area (Å²) in [5.74, 6) is 1.34. The topological polar surface area (TPSA) is 72.7 Å². The quantitative estimate of drug-likeness (QED) is 0.892. The first-order chi connectivity index (χ1) is 8.99. The van der Waals surface area contributed by atoms with Gasteiger partial charge in [-0.05, 0) is 26.8 Å². The van der Waals surface area contributed by atoms with E-state index < -0.39 is 0 Å². The highest BCUT2D eigenvalue weighted by molar-refractivity contribution is 5.34. The molecule has 0 aliphatic rings. The summed E-state index contributed by atoms with van der Waals surface area (Å²) in [6.45, 7) is 5.91. The molecule has 0 bridgehead atoms. The molecule has 0 amide bonds. The Morgan fingerprint density at radius 3 is 2.42 bits per heavy atom. The van der Waals surface area contributed by atoms with Gasteiger partial charge < -0.3 is 5.32 Å². The van der Waals surface area contributed by atoms with Crippen molar-refractivity contribution in [1.82, 2.24) is 19.5 Å². The molecule has 1 N–H and O–H groups in total. The van der Waals surface area contributed by atoms with Gasteiger partial charge in [0, 0.05) is 30.2 Å². The second-order valence-electron chi connectivity index (χ2n) is 4.47. The lowest BCUT2D eigenvalue weighted by Gasteiger charge is -2.10. The number of anilines is 1. The van der Waals surface area contributed by atoms with Crippen LogP contribution in [0.15, 0.2) is 16.9 Å². The average molecular weight is 259 g/mol. The zero-order valence-corrected chi connectivity index (χ0v) is 11.6. The van der Waals surface area contributed by atoms with Crippen LogP contribution in [-0.2, 0) is 6.54 Å². The Hall–Kier alpha value is -2.24. The molecule has 0 spiro atoms. The molecule has 0 fully saturated rings. The van der Waals surface area contributed by atoms with Gasteiger partial charge in [-0.1, -0.05) is 0 Å². The monoisotopic (exact) mass is 259 g/mol. The summed E-state index contributed by atoms with van der Waals surface area (Å²) in [6.07, 6.45) is 0. The molecule has 2 rings (SSSR count). The molecule has 0 radical (unpaired) electrons. The highest BCUT2D eigenvalue weighted by Crippen LogP contribution is 2.07. The van der Waals surface area contributed by atoms with E-state index in [1.165, 1.54) is 0 Å². The summed E-state index contributed by atoms with van der Waals surface area (Å²) in [4.78, 5) is 24.5. The Labute approximate surface area is 111 Å². The van der Waals surface area contributed by atoms with E-state index in [0.29, 0.717) is 12.4 Å². The maximum absolute atomic E-state index is 11.9. The molecule has 2 aromatic heterocycles. The Balaban J connectivity index is 2.42. The van der Waals surface area contributed by atoms with Crippen molar-refractivity contribution >= 4 is 5.82 Å². The van der Waals surface area contributed by atoms with Crippen molar-refractivity contribution in [3.8, 4) is 0 Å². The Kier molecular flexibility index (Phi) is 3.59. The van der Waals surface area contributed by atoms with E-state index in [4.69, 9.17) is 0 Å². The second-order valence-corrected chi connectivity index (χ2v) is 4.47. The van der Waals surface area contributed by atoms with Gasteiger partial charge in [0.15, 0.2) is 5.82 Å². The fraction of sp³-hybridized carbons (Fsp3) is 0.385. The van der Waals surface area contributed by atoms with E-state index in [9.17, 15) is 4.79 Å². The Morgan fingerprint density at radius 2 is 1.79 bits per heavy atom. The first-order valence-electron chi connectivity index (χ1n) is 6.07. The zero-order valence-electron chi connectivity index (χ0n) is 11.6. The fourth-order valence-electron chi connectivity index (χ4n) is 1.94. The highest BCUT2D eigenvalue weighted by Gasteiger charge is 2.07. The van der Waals surface area contributed by atoms with E-state index in [0.717, 1.165) is 22.9 Å². The lowest BCUT2D eigenvalue weighted by Crippen LogP contribution is -2.27. The SMILES string of the molecule is CNc1cc(C)nc(Cn2c(C)cc(C)nc2=O)n1. The van der Waals surface area contributed by atoms with Crippen LogP contribution in [0.5, 0.6) is 0 Å². The average Bonchev–Trinajstić information content (AvgIpc) is 2.33. The molecule has 0 aliphatic heterocycles. The van der Waals surface area contributed by atoms with Gasteiger partial charge in [0.2, 0.25) is 0 Å². The molecular weight excluding hydrogens is 242 g/mol. The minimum absolute atomic E-state index is 0.270. The molecular formula is C13H17N5O. The minimum Gasteiger partial charge on any atom is -0.373 e. The van der Waals surface area contributed by atoms with Crippen molar-refractivity contribution in [1.29, 1.82) is 0 Å². The van der Waals surface area contributed by atoms with Gasteiger partial charge in [-0.15, -0.1) is 0 Å². The molecule has 0 unspecified atom stereocenters. The maximum Gasteiger partial charge on any atom is 0.348 e. The van der Waals surface area contributed by atoms with Crippen molar-refractivity contribution < 1.29 is 0 Å². The summed E-state index contributed by atoms with van der Waals surface area (Å²) in [5, 5.41) is 2.98. The minimum atomic E-state index is -0.270. The van der Waals surface area contributed by atoms with E-state index >= 15 is 0 Å². The van der Waals surface area contributed by atoms with Crippen molar-refractivity contribution in [2.24, 2.45) is 0 Å². The molecule has 100 valence electrons. The van der Waals surface area contributed by atoms with Gasteiger partial charge in [-0.25, -0.2) is 14.8 Å². The maximum atomic E-state index is 11.9. The Morgan fingerprint density at radius 1 is 1.11 bits per heavy atom. The van der Waals surface area contributed by atoms with Crippen LogP contribution in [0.25, 0.3) is 0 Å². The number of rotatable bonds is 3. The highest BCUT2D eigenvalue weighted by atomic mass is 16.1. The van der Waals surface area contributed by atoms with Gasteiger partial charge in [0.25, 0.3) is 0 Å². The molecule has 0 saturated carbocycles. The molecule has 0 aromatic carbocycles. The molecule has 2 aromatic rings. The standard InChI is InChI=1S/C13H17N5O/c1-8-5-10(3)18(13(19)16-8)7-12-15-9(2)6-11(14-4)17-12/h5-6H,7H2,1-4H3,(H,14,15,17). The predicted molar refractivity (Wildman–Crippen MR) is 73.4 cm³/mol. The lowest BCUT2D eigenvalue weighted by molar-refractivity contribution is 0.662. The number of hydrogen-bond donors (Lipinski definition) is 1. The molecule has 19 heavy (non-hydrogen) atoms. The molecule has 2 heterocycles. The second kappa shape index (κ2) is 5.17. The number of nitrogens with zero attached hydrogens (tertiary/aromatic N) is 4. The predicted octanol–water partition coefficient (Wildman–Crippen LogP) is 1.05. The van der Waals surface area contributed by atoms with Crippen LogP contribution in [0, 0.1) is 20.8 Å². The number of aromatic nitrogens is 4. The van der Waals surface area contributed by atoms with Crippen LogP contribution >= 0.6 is 0 Å². The molecule has 0 saturated heterocycles. The number of hydrogen-bond acceptors (Lipinski definition) is 5. The van der Waals surface area contributed by atoms with Gasteiger partial charge in [0.05, 0.1) is 6.54 Å². The van der Waals surface area contributed by atoms with Crippen LogP contribution in [0.1, 0.15) is 22.9 Å². The van der Waals surface area contributed by atoms with Crippen LogP contribution < -0.4 is 11.0 Å². The van der Waals surface area contributed by atoms with E-state index in [2.05, 4.69) is 20.3 Å². The van der Waals surface area contributed by atoms with Crippen LogP contribution in [0.2, 0.25) is 0 Å². The lowest BCUT2D eigenvalue weighted by atomic mass is 10.3. The van der Waals surface area contributed by atoms with Gasteiger partial charge >= 0.3 is 5.69 Å². The molecule has 0 atom stereocenters. The smallest absolute Gasteiger partial charge is 0.348 e. The summed E-state index contributed by atoms with van der Waals surface area (Å²) < 4.78 is 1.57. The van der Waals surface area contributed by atoms with E-state index in [-0.39, 0.29) is 5.69 Å². The van der Waals surface area contributed by atoms with Crippen molar-refractivity contribution in [2.45, 2.75) is 27.3 Å². The van der Waals surface area contributed by atoms with Gasteiger partial charge in [-0.2, -0.15) is 4.98 Å². The van der Waals surface area contributed by atoms with Crippen molar-refractivity contribution in [3.05, 3.63) is 45.5 Å². The number of nitrogens with one attached hydrogen (secondary N) is 1. The van der Waals surface area contributed by atoms with Crippen LogP contribution in [-0.4, -0.2) is 26.6 Å². The van der Waals surface area contributed by atoms with Gasteiger partial charge in [0.1, 0.15) is 5.82 Å². The summed E-state index contributed by atoms with van der Waals surface area (Å²) in [5.41, 5.74) is 2.17. The molecule has 6 heteroatoms. The van der Waals surface area contributed by atoms with Gasteiger partial charge in [-0.3, -0.25) is 4.57 Å². The third kappa shape index (κ3) is 2.96. The van der Waals surface area contributed by atoms with Crippen LogP contribution in [0.4, 0.5) is 5.82 Å². The van der Waals surface area contributed by atoms with E-state index in [1.54, 1.807) is 18.5 Å². The largest absolute Gasteiger partial charge is 0.373 e. The van der Waals surface area contributed by atoms with Crippen molar-refractivity contribution in [2.75, 3.05) is 12.4 Å². The molecule has 0 aliphatic carbocycles. The Bertz CT molecular complexity index is 663. The summed E-state index contributed by atoms with van der Waals surface area (Å²) >= 11 is 0. The van der Waals surface area contributed by atoms with E-state index in [1.807, 2.05) is 26.0 Å². The fourth-order valence-corrected chi connectivity index (χ4v) is 1.94. The normalized spacial score (nSPS) is 10.5. The summed E-state index contributed by atoms with van der Waals surface area (Å²) in [7, 11) is 1.80. The third-order valence-corrected chi connectivity index (χ3v) is 2.80.